The molecule has 2 heterocycles. The SMILES string of the molecule is Cc1cc(C)c(NC(=O)c2oc3cccnc3c2N)c(C)c1. The van der Waals surface area contributed by atoms with Gasteiger partial charge in [-0.15, -0.1) is 0 Å². The van der Waals surface area contributed by atoms with E-state index in [4.69, 9.17) is 10.2 Å². The Kier molecular flexibility index (Phi) is 3.33. The van der Waals surface area contributed by atoms with E-state index in [1.807, 2.05) is 32.9 Å². The monoisotopic (exact) mass is 295 g/mol. The van der Waals surface area contributed by atoms with Crippen LogP contribution in [0.2, 0.25) is 0 Å². The van der Waals surface area contributed by atoms with Crippen LogP contribution in [0.4, 0.5) is 11.4 Å². The summed E-state index contributed by atoms with van der Waals surface area (Å²) < 4.78 is 5.54. The molecule has 0 aliphatic carbocycles. The lowest BCUT2D eigenvalue weighted by molar-refractivity contribution is 0.0999. The van der Waals surface area contributed by atoms with Gasteiger partial charge >= 0.3 is 0 Å². The zero-order valence-corrected chi connectivity index (χ0v) is 12.7. The van der Waals surface area contributed by atoms with E-state index in [0.717, 1.165) is 22.4 Å². The molecule has 0 aliphatic rings. The number of amides is 1. The number of nitrogen functional groups attached to an aromatic ring is 1. The van der Waals surface area contributed by atoms with Crippen LogP contribution in [0.3, 0.4) is 0 Å². The minimum atomic E-state index is -0.370. The van der Waals surface area contributed by atoms with E-state index >= 15 is 0 Å². The number of rotatable bonds is 2. The zero-order valence-electron chi connectivity index (χ0n) is 12.7. The summed E-state index contributed by atoms with van der Waals surface area (Å²) in [5, 5.41) is 2.88. The van der Waals surface area contributed by atoms with E-state index < -0.39 is 0 Å². The predicted octanol–water partition coefficient (Wildman–Crippen LogP) is 3.59. The summed E-state index contributed by atoms with van der Waals surface area (Å²) in [4.78, 5) is 16.6. The molecular formula is C17H17N3O2. The number of pyridine rings is 1. The minimum Gasteiger partial charge on any atom is -0.447 e. The lowest BCUT2D eigenvalue weighted by Crippen LogP contribution is -2.14. The zero-order chi connectivity index (χ0) is 15.9. The summed E-state index contributed by atoms with van der Waals surface area (Å²) >= 11 is 0. The van der Waals surface area contributed by atoms with E-state index in [-0.39, 0.29) is 17.4 Å². The number of carbonyl (C=O) groups is 1. The van der Waals surface area contributed by atoms with Crippen molar-refractivity contribution in [3.8, 4) is 0 Å². The summed E-state index contributed by atoms with van der Waals surface area (Å²) in [6, 6.07) is 7.51. The molecule has 1 amide bonds. The maximum atomic E-state index is 12.5. The van der Waals surface area contributed by atoms with Crippen LogP contribution in [0.15, 0.2) is 34.9 Å². The fraction of sp³-hybridized carbons (Fsp3) is 0.176. The first-order valence-corrected chi connectivity index (χ1v) is 6.99. The number of aromatic nitrogens is 1. The number of aryl methyl sites for hydroxylation is 3. The second kappa shape index (κ2) is 5.18. The highest BCUT2D eigenvalue weighted by molar-refractivity contribution is 6.10. The molecule has 0 saturated carbocycles. The first-order chi connectivity index (χ1) is 10.5. The van der Waals surface area contributed by atoms with Gasteiger partial charge in [-0.3, -0.25) is 9.78 Å². The van der Waals surface area contributed by atoms with Crippen molar-refractivity contribution in [3.63, 3.8) is 0 Å². The quantitative estimate of drug-likeness (QED) is 0.757. The summed E-state index contributed by atoms with van der Waals surface area (Å²) in [5.74, 6) is -0.279. The number of nitrogens with zero attached hydrogens (tertiary/aromatic N) is 1. The highest BCUT2D eigenvalue weighted by atomic mass is 16.3. The van der Waals surface area contributed by atoms with Gasteiger partial charge in [-0.25, -0.2) is 0 Å². The molecule has 0 saturated heterocycles. The van der Waals surface area contributed by atoms with Gasteiger partial charge in [0.15, 0.2) is 5.58 Å². The summed E-state index contributed by atoms with van der Waals surface area (Å²) in [6.45, 7) is 5.94. The second-order valence-electron chi connectivity index (χ2n) is 5.42. The topological polar surface area (TPSA) is 81.2 Å². The number of hydrogen-bond donors (Lipinski definition) is 2. The lowest BCUT2D eigenvalue weighted by Gasteiger charge is -2.12. The van der Waals surface area contributed by atoms with Crippen LogP contribution >= 0.6 is 0 Å². The Labute approximate surface area is 128 Å². The smallest absolute Gasteiger partial charge is 0.293 e. The Morgan fingerprint density at radius 3 is 2.55 bits per heavy atom. The molecule has 0 fully saturated rings. The third-order valence-corrected chi connectivity index (χ3v) is 3.60. The van der Waals surface area contributed by atoms with Crippen LogP contribution < -0.4 is 11.1 Å². The fourth-order valence-corrected chi connectivity index (χ4v) is 2.66. The van der Waals surface area contributed by atoms with Crippen LogP contribution in [0.25, 0.3) is 11.1 Å². The van der Waals surface area contributed by atoms with Gasteiger partial charge in [-0.2, -0.15) is 0 Å². The van der Waals surface area contributed by atoms with Crippen LogP contribution in [-0.4, -0.2) is 10.9 Å². The third kappa shape index (κ3) is 2.30. The van der Waals surface area contributed by atoms with Crippen molar-refractivity contribution in [2.45, 2.75) is 20.8 Å². The molecule has 3 aromatic rings. The molecular weight excluding hydrogens is 278 g/mol. The van der Waals surface area contributed by atoms with Gasteiger partial charge in [-0.05, 0) is 44.0 Å². The van der Waals surface area contributed by atoms with E-state index in [2.05, 4.69) is 10.3 Å². The highest BCUT2D eigenvalue weighted by Crippen LogP contribution is 2.28. The molecule has 112 valence electrons. The largest absolute Gasteiger partial charge is 0.447 e. The number of anilines is 2. The predicted molar refractivity (Wildman–Crippen MR) is 87.0 cm³/mol. The van der Waals surface area contributed by atoms with E-state index in [1.54, 1.807) is 18.3 Å². The fourth-order valence-electron chi connectivity index (χ4n) is 2.66. The van der Waals surface area contributed by atoms with Crippen LogP contribution in [0.5, 0.6) is 0 Å². The Hall–Kier alpha value is -2.82. The summed E-state index contributed by atoms with van der Waals surface area (Å²) in [7, 11) is 0. The molecule has 0 radical (unpaired) electrons. The van der Waals surface area contributed by atoms with Crippen LogP contribution in [0.1, 0.15) is 27.2 Å². The van der Waals surface area contributed by atoms with Crippen molar-refractivity contribution in [2.75, 3.05) is 11.1 Å². The molecule has 2 aromatic heterocycles. The van der Waals surface area contributed by atoms with Gasteiger partial charge in [0.2, 0.25) is 5.76 Å². The molecule has 0 spiro atoms. The van der Waals surface area contributed by atoms with E-state index in [9.17, 15) is 4.79 Å². The number of fused-ring (bicyclic) bond motifs is 1. The van der Waals surface area contributed by atoms with Gasteiger partial charge in [0.05, 0.1) is 0 Å². The number of benzene rings is 1. The summed E-state index contributed by atoms with van der Waals surface area (Å²) in [5.41, 5.74) is 11.2. The van der Waals surface area contributed by atoms with E-state index in [1.165, 1.54) is 0 Å². The highest BCUT2D eigenvalue weighted by Gasteiger charge is 2.20. The van der Waals surface area contributed by atoms with Gasteiger partial charge in [-0.1, -0.05) is 17.7 Å². The molecule has 22 heavy (non-hydrogen) atoms. The van der Waals surface area contributed by atoms with Gasteiger partial charge in [0, 0.05) is 11.9 Å². The van der Waals surface area contributed by atoms with Gasteiger partial charge in [0.25, 0.3) is 5.91 Å². The minimum absolute atomic E-state index is 0.0908. The Bertz CT molecular complexity index is 858. The molecule has 1 aromatic carbocycles. The maximum absolute atomic E-state index is 12.5. The lowest BCUT2D eigenvalue weighted by atomic mass is 10.1. The normalized spacial score (nSPS) is 10.9. The molecule has 5 nitrogen and oxygen atoms in total. The second-order valence-corrected chi connectivity index (χ2v) is 5.42. The first kappa shape index (κ1) is 14.1. The van der Waals surface area contributed by atoms with Crippen molar-refractivity contribution >= 4 is 28.4 Å². The molecule has 3 rings (SSSR count). The number of furan rings is 1. The molecule has 0 bridgehead atoms. The van der Waals surface area contributed by atoms with Crippen LogP contribution in [-0.2, 0) is 0 Å². The molecule has 5 heteroatoms. The van der Waals surface area contributed by atoms with Crippen molar-refractivity contribution < 1.29 is 9.21 Å². The number of hydrogen-bond acceptors (Lipinski definition) is 4. The average molecular weight is 295 g/mol. The molecule has 3 N–H and O–H groups in total. The van der Waals surface area contributed by atoms with Crippen LogP contribution in [0, 0.1) is 20.8 Å². The number of carbonyl (C=O) groups excluding carboxylic acids is 1. The molecule has 0 aliphatic heterocycles. The summed E-state index contributed by atoms with van der Waals surface area (Å²) in [6.07, 6.45) is 1.62. The Morgan fingerprint density at radius 2 is 1.91 bits per heavy atom. The Morgan fingerprint density at radius 1 is 1.23 bits per heavy atom. The molecule has 0 atom stereocenters. The first-order valence-electron chi connectivity index (χ1n) is 6.99. The van der Waals surface area contributed by atoms with Crippen molar-refractivity contribution in [3.05, 3.63) is 52.9 Å². The number of nitrogens with two attached hydrogens (primary N) is 1. The van der Waals surface area contributed by atoms with Gasteiger partial charge < -0.3 is 15.5 Å². The van der Waals surface area contributed by atoms with Gasteiger partial charge in [0.1, 0.15) is 11.2 Å². The van der Waals surface area contributed by atoms with Crippen molar-refractivity contribution in [2.24, 2.45) is 0 Å². The Balaban J connectivity index is 1.99. The molecule has 0 unspecified atom stereocenters. The average Bonchev–Trinajstić information content (AvgIpc) is 2.80. The van der Waals surface area contributed by atoms with Crippen molar-refractivity contribution in [1.29, 1.82) is 0 Å². The standard InChI is InChI=1S/C17H17N3O2/c1-9-7-10(2)14(11(3)8-9)20-17(21)16-13(18)15-12(22-16)5-4-6-19-15/h4-8H,18H2,1-3H3,(H,20,21). The van der Waals surface area contributed by atoms with Crippen molar-refractivity contribution in [1.82, 2.24) is 4.98 Å². The maximum Gasteiger partial charge on any atom is 0.293 e. The third-order valence-electron chi connectivity index (χ3n) is 3.60. The van der Waals surface area contributed by atoms with E-state index in [0.29, 0.717) is 11.1 Å². The number of nitrogens with one attached hydrogen (secondary N) is 1.